The fourth-order valence-corrected chi connectivity index (χ4v) is 1.17. The Morgan fingerprint density at radius 3 is 2.83 bits per heavy atom. The molecule has 0 saturated heterocycles. The number of rotatable bonds is 3. The molecule has 0 aliphatic rings. The molecule has 0 aliphatic heterocycles. The van der Waals surface area contributed by atoms with Crippen LogP contribution in [0.15, 0.2) is 10.7 Å². The lowest BCUT2D eigenvalue weighted by Crippen LogP contribution is -2.07. The van der Waals surface area contributed by atoms with Gasteiger partial charge in [-0.25, -0.2) is 8.78 Å². The number of halogens is 3. The molecule has 0 N–H and O–H groups in total. The molecule has 0 spiro atoms. The van der Waals surface area contributed by atoms with Crippen LogP contribution in [0, 0.1) is 0 Å². The van der Waals surface area contributed by atoms with Crippen molar-refractivity contribution in [3.63, 3.8) is 0 Å². The molecule has 6 heteroatoms. The van der Waals surface area contributed by atoms with Crippen molar-refractivity contribution in [1.82, 2.24) is 9.78 Å². The maximum atomic E-state index is 11.7. The number of alkyl halides is 2. The average Bonchev–Trinajstić information content (AvgIpc) is 2.26. The highest BCUT2D eigenvalue weighted by molar-refractivity contribution is 9.10. The monoisotopic (exact) mass is 240 g/mol. The van der Waals surface area contributed by atoms with Gasteiger partial charge < -0.3 is 4.74 Å². The lowest BCUT2D eigenvalue weighted by molar-refractivity contribution is 0.0789. The van der Waals surface area contributed by atoms with E-state index in [0.29, 0.717) is 4.47 Å². The molecule has 12 heavy (non-hydrogen) atoms. The highest BCUT2D eigenvalue weighted by Crippen LogP contribution is 2.21. The van der Waals surface area contributed by atoms with E-state index >= 15 is 0 Å². The van der Waals surface area contributed by atoms with Crippen LogP contribution in [0.2, 0.25) is 0 Å². The molecule has 0 atom stereocenters. The summed E-state index contributed by atoms with van der Waals surface area (Å²) >= 11 is 3.11. The van der Waals surface area contributed by atoms with E-state index in [1.165, 1.54) is 4.68 Å². The molecule has 0 aromatic carbocycles. The van der Waals surface area contributed by atoms with Gasteiger partial charge in [-0.2, -0.15) is 0 Å². The summed E-state index contributed by atoms with van der Waals surface area (Å²) in [5.41, 5.74) is 0. The van der Waals surface area contributed by atoms with Gasteiger partial charge >= 0.3 is 0 Å². The molecule has 0 fully saturated rings. The summed E-state index contributed by atoms with van der Waals surface area (Å²) in [5, 5.41) is 3.80. The third-order valence-corrected chi connectivity index (χ3v) is 1.64. The predicted octanol–water partition coefficient (Wildman–Crippen LogP) is 1.83. The van der Waals surface area contributed by atoms with Gasteiger partial charge in [0.1, 0.15) is 0 Å². The smallest absolute Gasteiger partial charge is 0.272 e. The van der Waals surface area contributed by atoms with Gasteiger partial charge in [-0.15, -0.1) is 5.10 Å². The van der Waals surface area contributed by atoms with Gasteiger partial charge in [0.25, 0.3) is 6.43 Å². The average molecular weight is 241 g/mol. The second-order valence-electron chi connectivity index (χ2n) is 2.16. The predicted molar refractivity (Wildman–Crippen MR) is 42.4 cm³/mol. The number of ether oxygens (including phenoxy) is 1. The van der Waals surface area contributed by atoms with E-state index in [4.69, 9.17) is 4.74 Å². The van der Waals surface area contributed by atoms with E-state index in [9.17, 15) is 8.78 Å². The third kappa shape index (κ3) is 2.44. The first-order valence-electron chi connectivity index (χ1n) is 3.19. The van der Waals surface area contributed by atoms with E-state index in [0.717, 1.165) is 0 Å². The lowest BCUT2D eigenvalue weighted by atomic mass is 10.7. The molecule has 0 radical (unpaired) electrons. The zero-order chi connectivity index (χ0) is 9.14. The molecule has 1 aromatic rings. The van der Waals surface area contributed by atoms with Crippen molar-refractivity contribution in [3.8, 4) is 5.88 Å². The molecule has 0 bridgehead atoms. The maximum Gasteiger partial charge on any atom is 0.272 e. The first-order chi connectivity index (χ1) is 5.59. The fraction of sp³-hybridized carbons (Fsp3) is 0.500. The van der Waals surface area contributed by atoms with Crippen LogP contribution in [-0.4, -0.2) is 22.8 Å². The molecular formula is C6H7BrF2N2O. The van der Waals surface area contributed by atoms with E-state index in [-0.39, 0.29) is 5.88 Å². The number of nitrogens with zero attached hydrogens (tertiary/aromatic N) is 2. The van der Waals surface area contributed by atoms with Crippen LogP contribution in [0.3, 0.4) is 0 Å². The van der Waals surface area contributed by atoms with Crippen molar-refractivity contribution >= 4 is 15.9 Å². The van der Waals surface area contributed by atoms with Crippen molar-refractivity contribution in [2.75, 3.05) is 6.61 Å². The van der Waals surface area contributed by atoms with E-state index in [2.05, 4.69) is 21.0 Å². The zero-order valence-electron chi connectivity index (χ0n) is 6.30. The normalized spacial score (nSPS) is 10.8. The summed E-state index contributed by atoms with van der Waals surface area (Å²) in [6.07, 6.45) is -0.847. The van der Waals surface area contributed by atoms with Crippen molar-refractivity contribution in [3.05, 3.63) is 10.7 Å². The van der Waals surface area contributed by atoms with Crippen molar-refractivity contribution < 1.29 is 13.5 Å². The molecule has 3 nitrogen and oxygen atoms in total. The van der Waals surface area contributed by atoms with Crippen LogP contribution in [-0.2, 0) is 7.05 Å². The molecule has 0 saturated carbocycles. The second kappa shape index (κ2) is 3.84. The Hall–Kier alpha value is -0.650. The molecule has 1 heterocycles. The molecular weight excluding hydrogens is 234 g/mol. The van der Waals surface area contributed by atoms with Gasteiger partial charge in [0.2, 0.25) is 5.88 Å². The van der Waals surface area contributed by atoms with Gasteiger partial charge in [0, 0.05) is 13.2 Å². The second-order valence-corrected chi connectivity index (χ2v) is 3.01. The minimum absolute atomic E-state index is 0.192. The first kappa shape index (κ1) is 9.44. The SMILES string of the molecule is Cn1cc(Br)c(OCC(F)F)n1. The Labute approximate surface area is 76.4 Å². The number of hydrogen-bond acceptors (Lipinski definition) is 2. The Morgan fingerprint density at radius 1 is 1.75 bits per heavy atom. The van der Waals surface area contributed by atoms with Gasteiger partial charge in [0.05, 0.1) is 4.47 Å². The number of aromatic nitrogens is 2. The Bertz CT molecular complexity index is 264. The Kier molecular flexibility index (Phi) is 3.02. The van der Waals surface area contributed by atoms with Crippen LogP contribution < -0.4 is 4.74 Å². The Morgan fingerprint density at radius 2 is 2.42 bits per heavy atom. The van der Waals surface area contributed by atoms with Crippen LogP contribution in [0.1, 0.15) is 0 Å². The zero-order valence-corrected chi connectivity index (χ0v) is 7.88. The minimum atomic E-state index is -2.47. The standard InChI is InChI=1S/C6H7BrF2N2O/c1-11-2-4(7)6(10-11)12-3-5(8)9/h2,5H,3H2,1H3. The summed E-state index contributed by atoms with van der Waals surface area (Å²) in [6, 6.07) is 0. The molecule has 68 valence electrons. The molecule has 1 aromatic heterocycles. The summed E-state index contributed by atoms with van der Waals surface area (Å²) in [7, 11) is 1.68. The van der Waals surface area contributed by atoms with Crippen LogP contribution >= 0.6 is 15.9 Å². The molecule has 0 unspecified atom stereocenters. The maximum absolute atomic E-state index is 11.7. The van der Waals surface area contributed by atoms with E-state index < -0.39 is 13.0 Å². The number of hydrogen-bond donors (Lipinski definition) is 0. The van der Waals surface area contributed by atoms with Gasteiger partial charge in [0.15, 0.2) is 6.61 Å². The van der Waals surface area contributed by atoms with Crippen LogP contribution in [0.5, 0.6) is 5.88 Å². The first-order valence-corrected chi connectivity index (χ1v) is 3.99. The minimum Gasteiger partial charge on any atom is -0.470 e. The topological polar surface area (TPSA) is 27.1 Å². The van der Waals surface area contributed by atoms with Crippen LogP contribution in [0.25, 0.3) is 0 Å². The van der Waals surface area contributed by atoms with Gasteiger partial charge in [-0.1, -0.05) is 0 Å². The van der Waals surface area contributed by atoms with Gasteiger partial charge in [-0.05, 0) is 15.9 Å². The van der Waals surface area contributed by atoms with Gasteiger partial charge in [-0.3, -0.25) is 4.68 Å². The highest BCUT2D eigenvalue weighted by atomic mass is 79.9. The molecule has 0 aliphatic carbocycles. The summed E-state index contributed by atoms with van der Waals surface area (Å²) in [4.78, 5) is 0. The summed E-state index contributed by atoms with van der Waals surface area (Å²) in [5.74, 6) is 0.192. The third-order valence-electron chi connectivity index (χ3n) is 1.10. The lowest BCUT2D eigenvalue weighted by Gasteiger charge is -2.00. The quantitative estimate of drug-likeness (QED) is 0.807. The Balaban J connectivity index is 2.57. The fourth-order valence-electron chi connectivity index (χ4n) is 0.679. The van der Waals surface area contributed by atoms with Crippen molar-refractivity contribution in [2.24, 2.45) is 7.05 Å². The van der Waals surface area contributed by atoms with E-state index in [1.54, 1.807) is 13.2 Å². The van der Waals surface area contributed by atoms with Crippen molar-refractivity contribution in [2.45, 2.75) is 6.43 Å². The van der Waals surface area contributed by atoms with E-state index in [1.807, 2.05) is 0 Å². The summed E-state index contributed by atoms with van der Waals surface area (Å²) < 4.78 is 30.1. The summed E-state index contributed by atoms with van der Waals surface area (Å²) in [6.45, 7) is -0.629. The highest BCUT2D eigenvalue weighted by Gasteiger charge is 2.09. The largest absolute Gasteiger partial charge is 0.470 e. The molecule has 1 rings (SSSR count). The number of aryl methyl sites for hydroxylation is 1. The molecule has 0 amide bonds. The van der Waals surface area contributed by atoms with Crippen LogP contribution in [0.4, 0.5) is 8.78 Å². The van der Waals surface area contributed by atoms with Crippen molar-refractivity contribution in [1.29, 1.82) is 0 Å².